The molecule has 0 spiro atoms. The Balaban J connectivity index is 2.30. The van der Waals surface area contributed by atoms with Gasteiger partial charge in [0.15, 0.2) is 0 Å². The van der Waals surface area contributed by atoms with Gasteiger partial charge in [-0.25, -0.2) is 14.2 Å². The Morgan fingerprint density at radius 3 is 2.64 bits per heavy atom. The van der Waals surface area contributed by atoms with E-state index in [1.54, 1.807) is 29.9 Å². The number of carboxylic acid groups (broad SMARTS) is 1. The van der Waals surface area contributed by atoms with Gasteiger partial charge in [0.25, 0.3) is 0 Å². The molecule has 1 atom stereocenters. The Morgan fingerprint density at radius 1 is 1.31 bits per heavy atom. The lowest BCUT2D eigenvalue weighted by Crippen LogP contribution is -2.31. The molecule has 1 aromatic carbocycles. The van der Waals surface area contributed by atoms with Crippen LogP contribution in [0.2, 0.25) is 5.02 Å². The molecule has 1 unspecified atom stereocenters. The van der Waals surface area contributed by atoms with Gasteiger partial charge in [0.1, 0.15) is 22.8 Å². The second-order valence-corrected chi connectivity index (χ2v) is 10.1. The van der Waals surface area contributed by atoms with E-state index in [-0.39, 0.29) is 29.1 Å². The largest absolute Gasteiger partial charge is 0.477 e. The maximum Gasteiger partial charge on any atom is 0.341 e. The molecule has 0 aliphatic carbocycles. The zero-order valence-electron chi connectivity index (χ0n) is 20.8. The van der Waals surface area contributed by atoms with Gasteiger partial charge in [-0.1, -0.05) is 44.5 Å². The highest BCUT2D eigenvalue weighted by Crippen LogP contribution is 2.33. The number of hydrogen-bond acceptors (Lipinski definition) is 6. The van der Waals surface area contributed by atoms with Crippen molar-refractivity contribution >= 4 is 34.4 Å². The number of carboxylic acids is 1. The summed E-state index contributed by atoms with van der Waals surface area (Å²) in [5, 5.41) is 23.2. The molecule has 194 valence electrons. The van der Waals surface area contributed by atoms with Crippen LogP contribution >= 0.6 is 11.6 Å². The number of nitrogens with one attached hydrogen (secondary N) is 1. The van der Waals surface area contributed by atoms with Gasteiger partial charge in [-0.15, -0.1) is 0 Å². The average molecular weight is 520 g/mol. The number of pyridine rings is 2. The van der Waals surface area contributed by atoms with E-state index >= 15 is 0 Å². The Labute approximate surface area is 213 Å². The molecule has 0 saturated carbocycles. The number of rotatable bonds is 10. The van der Waals surface area contributed by atoms with Gasteiger partial charge in [0, 0.05) is 32.9 Å². The molecule has 8 nitrogen and oxygen atoms in total. The number of carbonyl (C=O) groups is 1. The highest BCUT2D eigenvalue weighted by atomic mass is 35.5. The summed E-state index contributed by atoms with van der Waals surface area (Å²) in [5.74, 6) is -1.54. The van der Waals surface area contributed by atoms with Gasteiger partial charge in [0.2, 0.25) is 5.43 Å². The third-order valence-electron chi connectivity index (χ3n) is 6.05. The number of ether oxygens (including phenoxy) is 1. The lowest BCUT2D eigenvalue weighted by Gasteiger charge is -2.32. The number of aliphatic hydroxyl groups is 1. The molecule has 2 heterocycles. The number of aliphatic hydroxyl groups excluding tert-OH is 1. The summed E-state index contributed by atoms with van der Waals surface area (Å²) < 4.78 is 21.4. The summed E-state index contributed by atoms with van der Waals surface area (Å²) in [7, 11) is 1.60. The van der Waals surface area contributed by atoms with E-state index < -0.39 is 34.2 Å². The molecule has 36 heavy (non-hydrogen) atoms. The Morgan fingerprint density at radius 2 is 2.03 bits per heavy atom. The van der Waals surface area contributed by atoms with Crippen molar-refractivity contribution in [2.45, 2.75) is 39.7 Å². The minimum Gasteiger partial charge on any atom is -0.477 e. The summed E-state index contributed by atoms with van der Waals surface area (Å²) in [6.45, 7) is 6.42. The fourth-order valence-electron chi connectivity index (χ4n) is 4.08. The van der Waals surface area contributed by atoms with E-state index in [2.05, 4.69) is 5.32 Å². The molecular formula is C26H31ClFN3O5. The zero-order chi connectivity index (χ0) is 26.6. The Hall–Kier alpha value is -3.01. The summed E-state index contributed by atoms with van der Waals surface area (Å²) in [4.78, 5) is 29.8. The topological polar surface area (TPSA) is 114 Å². The molecule has 0 radical (unpaired) electrons. The smallest absolute Gasteiger partial charge is 0.341 e. The highest BCUT2D eigenvalue weighted by Gasteiger charge is 2.29. The number of fused-ring (bicyclic) bond motifs is 1. The Kier molecular flexibility index (Phi) is 8.71. The van der Waals surface area contributed by atoms with E-state index in [1.807, 2.05) is 20.8 Å². The maximum atomic E-state index is 14.7. The van der Waals surface area contributed by atoms with E-state index in [0.717, 1.165) is 0 Å². The molecule has 0 fully saturated rings. The highest BCUT2D eigenvalue weighted by molar-refractivity contribution is 6.30. The minimum absolute atomic E-state index is 0.0256. The second-order valence-electron chi connectivity index (χ2n) is 9.68. The first-order valence-electron chi connectivity index (χ1n) is 11.6. The molecule has 2 aromatic heterocycles. The Bertz CT molecular complexity index is 1320. The predicted octanol–water partition coefficient (Wildman–Crippen LogP) is 4.51. The van der Waals surface area contributed by atoms with E-state index in [0.29, 0.717) is 36.5 Å². The van der Waals surface area contributed by atoms with Gasteiger partial charge in [-0.2, -0.15) is 0 Å². The minimum atomic E-state index is -1.38. The van der Waals surface area contributed by atoms with Crippen molar-refractivity contribution in [3.8, 4) is 0 Å². The molecule has 3 aromatic rings. The van der Waals surface area contributed by atoms with Crippen molar-refractivity contribution in [3.05, 3.63) is 68.2 Å². The molecule has 0 aliphatic heterocycles. The summed E-state index contributed by atoms with van der Waals surface area (Å²) >= 11 is 5.97. The molecule has 0 bridgehead atoms. The van der Waals surface area contributed by atoms with Crippen LogP contribution in [-0.4, -0.2) is 52.6 Å². The number of hydrogen-bond donors (Lipinski definition) is 3. The van der Waals surface area contributed by atoms with E-state index in [4.69, 9.17) is 21.3 Å². The third kappa shape index (κ3) is 5.86. The molecule has 0 amide bonds. The second kappa shape index (κ2) is 11.4. The molecular weight excluding hydrogens is 489 g/mol. The van der Waals surface area contributed by atoms with Crippen LogP contribution in [0.1, 0.15) is 54.7 Å². The fourth-order valence-corrected chi connectivity index (χ4v) is 4.28. The first-order valence-corrected chi connectivity index (χ1v) is 12.0. The summed E-state index contributed by atoms with van der Waals surface area (Å²) in [5.41, 5.74) is -0.588. The van der Waals surface area contributed by atoms with Crippen LogP contribution in [-0.2, 0) is 11.2 Å². The van der Waals surface area contributed by atoms with Crippen molar-refractivity contribution in [1.82, 2.24) is 9.55 Å². The number of anilines is 1. The van der Waals surface area contributed by atoms with Gasteiger partial charge in [-0.3, -0.25) is 4.79 Å². The monoisotopic (exact) mass is 519 g/mol. The number of halogens is 2. The van der Waals surface area contributed by atoms with Crippen LogP contribution in [0, 0.1) is 11.2 Å². The average Bonchev–Trinajstić information content (AvgIpc) is 2.81. The van der Waals surface area contributed by atoms with Crippen LogP contribution in [0.4, 0.5) is 10.2 Å². The third-order valence-corrected chi connectivity index (χ3v) is 6.34. The number of aromatic nitrogens is 2. The first kappa shape index (κ1) is 27.6. The van der Waals surface area contributed by atoms with E-state index in [9.17, 15) is 24.2 Å². The lowest BCUT2D eigenvalue weighted by atomic mass is 9.86. The van der Waals surface area contributed by atoms with Crippen LogP contribution in [0.15, 0.2) is 35.3 Å². The van der Waals surface area contributed by atoms with Crippen molar-refractivity contribution in [3.63, 3.8) is 0 Å². The van der Waals surface area contributed by atoms with Crippen molar-refractivity contribution in [2.24, 2.45) is 5.41 Å². The molecule has 3 N–H and O–H groups in total. The van der Waals surface area contributed by atoms with Gasteiger partial charge >= 0.3 is 5.97 Å². The van der Waals surface area contributed by atoms with Gasteiger partial charge in [0.05, 0.1) is 23.1 Å². The van der Waals surface area contributed by atoms with Gasteiger partial charge < -0.3 is 24.8 Å². The summed E-state index contributed by atoms with van der Waals surface area (Å²) in [6, 6.07) is 5.65. The van der Waals surface area contributed by atoms with Crippen molar-refractivity contribution in [2.75, 3.05) is 32.2 Å². The number of aromatic carboxylic acids is 1. The van der Waals surface area contributed by atoms with Crippen molar-refractivity contribution < 1.29 is 24.1 Å². The molecule has 0 saturated heterocycles. The lowest BCUT2D eigenvalue weighted by molar-refractivity contribution is 0.0692. The SMILES string of the molecule is COCCCNc1nc2c(cc1Cc1cccc(Cl)c1F)c(=O)c(C(=O)O)cn2C(CO)C(C)(C)C. The molecule has 0 aliphatic rings. The van der Waals surface area contributed by atoms with Crippen LogP contribution in [0.5, 0.6) is 0 Å². The quantitative estimate of drug-likeness (QED) is 0.338. The van der Waals surface area contributed by atoms with Crippen LogP contribution in [0.3, 0.4) is 0 Å². The first-order chi connectivity index (χ1) is 17.0. The fraction of sp³-hybridized carbons (Fsp3) is 0.423. The van der Waals surface area contributed by atoms with Crippen LogP contribution < -0.4 is 10.7 Å². The van der Waals surface area contributed by atoms with Crippen molar-refractivity contribution in [1.29, 1.82) is 0 Å². The number of methoxy groups -OCH3 is 1. The number of nitrogens with zero attached hydrogens (tertiary/aromatic N) is 2. The maximum absolute atomic E-state index is 14.7. The molecule has 3 rings (SSSR count). The number of benzene rings is 1. The predicted molar refractivity (Wildman–Crippen MR) is 138 cm³/mol. The zero-order valence-corrected chi connectivity index (χ0v) is 21.5. The van der Waals surface area contributed by atoms with E-state index in [1.165, 1.54) is 12.3 Å². The standard InChI is InChI=1S/C26H31ClFN3O5/c1-26(2,3)20(14-32)31-13-18(25(34)35)22(33)17-12-16(11-15-7-5-8-19(27)21(15)28)23(30-24(17)31)29-9-6-10-36-4/h5,7-8,12-13,20,32H,6,9-11,14H2,1-4H3,(H,29,30)(H,34,35). The normalized spacial score (nSPS) is 12.6. The molecule has 10 heteroatoms. The summed E-state index contributed by atoms with van der Waals surface area (Å²) in [6.07, 6.45) is 1.98. The van der Waals surface area contributed by atoms with Crippen LogP contribution in [0.25, 0.3) is 11.0 Å². The van der Waals surface area contributed by atoms with Gasteiger partial charge in [-0.05, 0) is 35.1 Å².